The molecular weight excluding hydrogens is 520 g/mol. The second-order valence-corrected chi connectivity index (χ2v) is 13.4. The number of likely N-dealkylation sites (tertiary alicyclic amines) is 1. The Morgan fingerprint density at radius 2 is 1.69 bits per heavy atom. The minimum Gasteiger partial charge on any atom is -0.348 e. The van der Waals surface area contributed by atoms with Crippen molar-refractivity contribution in [3.05, 3.63) is 84.2 Å². The van der Waals surface area contributed by atoms with Crippen LogP contribution in [-0.2, 0) is 10.2 Å². The van der Waals surface area contributed by atoms with Crippen LogP contribution in [-0.4, -0.2) is 66.9 Å². The summed E-state index contributed by atoms with van der Waals surface area (Å²) in [6.07, 6.45) is 12.9. The van der Waals surface area contributed by atoms with E-state index in [1.165, 1.54) is 43.2 Å². The number of H-pyrrole nitrogens is 1. The van der Waals surface area contributed by atoms with Gasteiger partial charge in [0.1, 0.15) is 5.82 Å². The van der Waals surface area contributed by atoms with E-state index in [0.29, 0.717) is 30.0 Å². The summed E-state index contributed by atoms with van der Waals surface area (Å²) < 4.78 is 2.53. The third kappa shape index (κ3) is 4.48. The normalized spacial score (nSPS) is 28.8. The van der Waals surface area contributed by atoms with Gasteiger partial charge in [0, 0.05) is 54.9 Å². The number of para-hydroxylation sites is 2. The highest BCUT2D eigenvalue weighted by Gasteiger charge is 2.49. The molecule has 7 heteroatoms. The second kappa shape index (κ2) is 10.4. The molecule has 2 aromatic carbocycles. The molecule has 4 aromatic rings. The first-order chi connectivity index (χ1) is 20.6. The quantitative estimate of drug-likeness (QED) is 0.300. The van der Waals surface area contributed by atoms with Gasteiger partial charge in [-0.15, -0.1) is 0 Å². The summed E-state index contributed by atoms with van der Waals surface area (Å²) in [5, 5.41) is 0. The lowest BCUT2D eigenvalue weighted by molar-refractivity contribution is -0.134. The number of nitrogens with one attached hydrogen (secondary N) is 1. The summed E-state index contributed by atoms with van der Waals surface area (Å²) in [6.45, 7) is 5.05. The van der Waals surface area contributed by atoms with E-state index in [1.54, 1.807) is 6.33 Å². The van der Waals surface area contributed by atoms with Gasteiger partial charge in [-0.1, -0.05) is 42.5 Å². The zero-order valence-corrected chi connectivity index (χ0v) is 24.7. The van der Waals surface area contributed by atoms with Crippen molar-refractivity contribution in [2.75, 3.05) is 19.6 Å². The van der Waals surface area contributed by atoms with Crippen LogP contribution in [0, 0.1) is 12.8 Å². The summed E-state index contributed by atoms with van der Waals surface area (Å²) in [6, 6.07) is 21.7. The summed E-state index contributed by atoms with van der Waals surface area (Å²) in [5.41, 5.74) is 5.12. The predicted molar refractivity (Wildman–Crippen MR) is 164 cm³/mol. The Labute approximate surface area is 248 Å². The van der Waals surface area contributed by atoms with Crippen LogP contribution in [0.5, 0.6) is 0 Å². The molecule has 0 spiro atoms. The van der Waals surface area contributed by atoms with Gasteiger partial charge in [0.15, 0.2) is 0 Å². The number of fused-ring (bicyclic) bond motifs is 3. The van der Waals surface area contributed by atoms with Crippen LogP contribution in [0.1, 0.15) is 80.4 Å². The van der Waals surface area contributed by atoms with E-state index in [-0.39, 0.29) is 11.3 Å². The molecule has 2 aromatic heterocycles. The maximum atomic E-state index is 13.4. The van der Waals surface area contributed by atoms with E-state index in [2.05, 4.69) is 85.9 Å². The molecule has 42 heavy (non-hydrogen) atoms. The van der Waals surface area contributed by atoms with Crippen molar-refractivity contribution in [1.82, 2.24) is 29.3 Å². The molecule has 8 rings (SSSR count). The smallest absolute Gasteiger partial charge is 0.226 e. The van der Waals surface area contributed by atoms with Gasteiger partial charge >= 0.3 is 0 Å². The van der Waals surface area contributed by atoms with E-state index in [4.69, 9.17) is 4.98 Å². The Balaban J connectivity index is 0.954. The molecule has 3 saturated heterocycles. The lowest BCUT2D eigenvalue weighted by Gasteiger charge is -2.46. The molecule has 1 amide bonds. The fraction of sp³-hybridized carbons (Fsp3) is 0.514. The van der Waals surface area contributed by atoms with Crippen LogP contribution in [0.15, 0.2) is 67.1 Å². The van der Waals surface area contributed by atoms with Gasteiger partial charge in [-0.2, -0.15) is 0 Å². The first kappa shape index (κ1) is 26.2. The number of benzene rings is 2. The zero-order chi connectivity index (χ0) is 28.3. The van der Waals surface area contributed by atoms with Crippen molar-refractivity contribution in [2.45, 2.75) is 87.7 Å². The topological polar surface area (TPSA) is 70.1 Å². The molecule has 218 valence electrons. The molecule has 1 aliphatic carbocycles. The molecule has 1 N–H and O–H groups in total. The highest BCUT2D eigenvalue weighted by atomic mass is 16.2. The Bertz CT molecular complexity index is 1540. The number of aromatic amines is 1. The number of aryl methyl sites for hydroxylation is 1. The Hall–Kier alpha value is -3.45. The van der Waals surface area contributed by atoms with Gasteiger partial charge in [0.05, 0.1) is 17.4 Å². The number of rotatable bonds is 7. The third-order valence-corrected chi connectivity index (χ3v) is 11.3. The van der Waals surface area contributed by atoms with Gasteiger partial charge < -0.3 is 14.5 Å². The molecule has 5 heterocycles. The summed E-state index contributed by atoms with van der Waals surface area (Å²) in [7, 11) is 0. The molecule has 2 bridgehead atoms. The molecule has 4 fully saturated rings. The van der Waals surface area contributed by atoms with Crippen LogP contribution in [0.2, 0.25) is 0 Å². The zero-order valence-electron chi connectivity index (χ0n) is 24.7. The minimum absolute atomic E-state index is 0.128. The number of nitrogens with zero attached hydrogens (tertiary/aromatic N) is 5. The van der Waals surface area contributed by atoms with Crippen LogP contribution in [0.4, 0.5) is 0 Å². The van der Waals surface area contributed by atoms with Gasteiger partial charge in [0.25, 0.3) is 0 Å². The standard InChI is InChI=1S/C35H42N6O/c1-24-38-31-9-5-6-10-33(31)41(24)28-19-26-11-12-27(20-28)40(26)18-15-35(25-7-3-2-4-8-25)13-16-39(17-14-35)34(42)30-21-29(30)32-22-36-23-37-32/h2-10,22-23,26-30H,11-21H2,1H3,(H,36,37)/t26-,27+,28?,29?,30?. The van der Waals surface area contributed by atoms with Gasteiger partial charge in [-0.05, 0) is 87.9 Å². The van der Waals surface area contributed by atoms with Crippen LogP contribution in [0.25, 0.3) is 11.0 Å². The lowest BCUT2D eigenvalue weighted by Crippen LogP contribution is -2.49. The van der Waals surface area contributed by atoms with E-state index in [9.17, 15) is 4.79 Å². The number of aromatic nitrogens is 4. The Morgan fingerprint density at radius 1 is 0.952 bits per heavy atom. The van der Waals surface area contributed by atoms with Crippen molar-refractivity contribution < 1.29 is 4.79 Å². The van der Waals surface area contributed by atoms with Crippen LogP contribution < -0.4 is 0 Å². The second-order valence-electron chi connectivity index (χ2n) is 13.4. The highest BCUT2D eigenvalue weighted by Crippen LogP contribution is 2.49. The third-order valence-electron chi connectivity index (χ3n) is 11.3. The van der Waals surface area contributed by atoms with Crippen molar-refractivity contribution in [1.29, 1.82) is 0 Å². The first-order valence-electron chi connectivity index (χ1n) is 16.1. The number of hydrogen-bond acceptors (Lipinski definition) is 4. The summed E-state index contributed by atoms with van der Waals surface area (Å²) in [4.78, 5) is 30.7. The van der Waals surface area contributed by atoms with Crippen LogP contribution >= 0.6 is 0 Å². The first-order valence-corrected chi connectivity index (χ1v) is 16.1. The minimum atomic E-state index is 0.128. The lowest BCUT2D eigenvalue weighted by atomic mass is 9.70. The molecule has 3 unspecified atom stereocenters. The number of imidazole rings is 2. The molecule has 5 atom stereocenters. The van der Waals surface area contributed by atoms with Gasteiger partial charge in [0.2, 0.25) is 5.91 Å². The monoisotopic (exact) mass is 562 g/mol. The largest absolute Gasteiger partial charge is 0.348 e. The SMILES string of the molecule is Cc1nc2ccccc2n1C1C[C@H]2CC[C@@H](C1)N2CCC1(c2ccccc2)CCN(C(=O)C2CC2c2cnc[nH]2)CC1. The molecular formula is C35H42N6O. The molecule has 0 radical (unpaired) electrons. The molecule has 1 saturated carbocycles. The highest BCUT2D eigenvalue weighted by molar-refractivity contribution is 5.83. The Morgan fingerprint density at radius 3 is 2.43 bits per heavy atom. The number of hydrogen-bond donors (Lipinski definition) is 1. The van der Waals surface area contributed by atoms with Crippen LogP contribution in [0.3, 0.4) is 0 Å². The van der Waals surface area contributed by atoms with Crippen molar-refractivity contribution >= 4 is 16.9 Å². The predicted octanol–water partition coefficient (Wildman–Crippen LogP) is 5.99. The maximum absolute atomic E-state index is 13.4. The number of carbonyl (C=O) groups excluding carboxylic acids is 1. The number of piperidine rings is 2. The maximum Gasteiger partial charge on any atom is 0.226 e. The van der Waals surface area contributed by atoms with E-state index in [0.717, 1.165) is 55.9 Å². The Kier molecular flexibility index (Phi) is 6.47. The fourth-order valence-electron chi connectivity index (χ4n) is 8.94. The molecule has 4 aliphatic rings. The molecule has 3 aliphatic heterocycles. The van der Waals surface area contributed by atoms with E-state index >= 15 is 0 Å². The number of amides is 1. The van der Waals surface area contributed by atoms with Crippen molar-refractivity contribution in [3.8, 4) is 0 Å². The van der Waals surface area contributed by atoms with E-state index < -0.39 is 0 Å². The van der Waals surface area contributed by atoms with E-state index in [1.807, 2.05) is 6.20 Å². The van der Waals surface area contributed by atoms with Crippen molar-refractivity contribution in [3.63, 3.8) is 0 Å². The van der Waals surface area contributed by atoms with Gasteiger partial charge in [-0.3, -0.25) is 9.69 Å². The van der Waals surface area contributed by atoms with Crippen molar-refractivity contribution in [2.24, 2.45) is 5.92 Å². The summed E-state index contributed by atoms with van der Waals surface area (Å²) >= 11 is 0. The molecule has 7 nitrogen and oxygen atoms in total. The fourth-order valence-corrected chi connectivity index (χ4v) is 8.94. The summed E-state index contributed by atoms with van der Waals surface area (Å²) in [5.74, 6) is 1.95. The number of carbonyl (C=O) groups is 1. The van der Waals surface area contributed by atoms with Gasteiger partial charge in [-0.25, -0.2) is 9.97 Å². The average Bonchev–Trinajstić information content (AvgIpc) is 3.35. The average molecular weight is 563 g/mol.